The molecule has 0 spiro atoms. The molecule has 0 saturated heterocycles. The first kappa shape index (κ1) is 33.9. The minimum Gasteiger partial charge on any atom is -0.486 e. The Labute approximate surface area is 280 Å². The first-order valence-electron chi connectivity index (χ1n) is 16.0. The number of hydrogen-bond donors (Lipinski definition) is 0. The van der Waals surface area contributed by atoms with Crippen LogP contribution in [0.4, 0.5) is 9.18 Å². The van der Waals surface area contributed by atoms with Crippen molar-refractivity contribution in [2.24, 2.45) is 5.92 Å². The molecule has 0 bridgehead atoms. The molecule has 7 nitrogen and oxygen atoms in total. The fourth-order valence-corrected chi connectivity index (χ4v) is 6.60. The summed E-state index contributed by atoms with van der Waals surface area (Å²) in [4.78, 5) is 21.7. The van der Waals surface area contributed by atoms with Gasteiger partial charge in [0.1, 0.15) is 23.3 Å². The predicted octanol–water partition coefficient (Wildman–Crippen LogP) is 10.8. The van der Waals surface area contributed by atoms with Gasteiger partial charge < -0.3 is 9.47 Å². The Morgan fingerprint density at radius 1 is 1.02 bits per heavy atom. The van der Waals surface area contributed by atoms with E-state index in [0.29, 0.717) is 43.7 Å². The minimum absolute atomic E-state index is 0.242. The maximum atomic E-state index is 15.8. The molecule has 1 unspecified atom stereocenters. The van der Waals surface area contributed by atoms with Gasteiger partial charge in [0, 0.05) is 46.9 Å². The molecule has 1 aromatic carbocycles. The third-order valence-corrected chi connectivity index (χ3v) is 8.79. The average molecular weight is 668 g/mol. The molecule has 244 valence electrons. The van der Waals surface area contributed by atoms with E-state index in [2.05, 4.69) is 15.1 Å². The van der Waals surface area contributed by atoms with Crippen LogP contribution in [-0.2, 0) is 11.2 Å². The van der Waals surface area contributed by atoms with Crippen molar-refractivity contribution in [2.45, 2.75) is 97.2 Å². The van der Waals surface area contributed by atoms with Gasteiger partial charge >= 0.3 is 6.09 Å². The van der Waals surface area contributed by atoms with Crippen LogP contribution in [0.3, 0.4) is 0 Å². The Morgan fingerprint density at radius 3 is 2.33 bits per heavy atom. The van der Waals surface area contributed by atoms with E-state index in [4.69, 9.17) is 32.7 Å². The zero-order valence-electron chi connectivity index (χ0n) is 26.9. The van der Waals surface area contributed by atoms with Crippen molar-refractivity contribution in [3.05, 3.63) is 81.5 Å². The van der Waals surface area contributed by atoms with Crippen molar-refractivity contribution in [1.82, 2.24) is 19.7 Å². The first-order chi connectivity index (χ1) is 22.0. The molecule has 10 heteroatoms. The molecule has 1 atom stereocenters. The van der Waals surface area contributed by atoms with E-state index in [0.717, 1.165) is 16.8 Å². The summed E-state index contributed by atoms with van der Waals surface area (Å²) in [6, 6.07) is 8.77. The standard InChI is InChI=1S/C36H41Cl2FN4O3/c1-23(34-29(37)21-40-22-30(34)38)45-27-15-16-33-28(18-27)32(42-43(33)35(44)46-36(2,3)4)19-31(39)25-13-14-26(41-20-25)17-24-11-9-7-5-6-8-10-12-24/h13-16,18-24H,5-12,17H2,1-4H3/b31-19-. The molecule has 1 aliphatic rings. The molecule has 1 aliphatic carbocycles. The van der Waals surface area contributed by atoms with Gasteiger partial charge in [-0.1, -0.05) is 74.6 Å². The lowest BCUT2D eigenvalue weighted by atomic mass is 9.92. The largest absolute Gasteiger partial charge is 0.486 e. The van der Waals surface area contributed by atoms with Gasteiger partial charge in [-0.25, -0.2) is 9.18 Å². The maximum absolute atomic E-state index is 15.8. The van der Waals surface area contributed by atoms with Crippen LogP contribution in [0, 0.1) is 5.92 Å². The van der Waals surface area contributed by atoms with E-state index in [-0.39, 0.29) is 5.69 Å². The van der Waals surface area contributed by atoms with Gasteiger partial charge in [-0.3, -0.25) is 9.97 Å². The van der Waals surface area contributed by atoms with Crippen LogP contribution in [0.5, 0.6) is 5.75 Å². The fourth-order valence-electron chi connectivity index (χ4n) is 5.92. The van der Waals surface area contributed by atoms with Crippen LogP contribution in [-0.4, -0.2) is 31.4 Å². The second-order valence-electron chi connectivity index (χ2n) is 13.0. The number of ether oxygens (including phenoxy) is 2. The first-order valence-corrected chi connectivity index (χ1v) is 16.8. The summed E-state index contributed by atoms with van der Waals surface area (Å²) in [5, 5.41) is 5.72. The highest BCUT2D eigenvalue weighted by atomic mass is 35.5. The van der Waals surface area contributed by atoms with Gasteiger partial charge in [-0.05, 0) is 70.4 Å². The Kier molecular flexibility index (Phi) is 11.0. The van der Waals surface area contributed by atoms with Crippen molar-refractivity contribution in [3.63, 3.8) is 0 Å². The highest BCUT2D eigenvalue weighted by Crippen LogP contribution is 2.35. The summed E-state index contributed by atoms with van der Waals surface area (Å²) in [5.41, 5.74) is 1.84. The quantitative estimate of drug-likeness (QED) is 0.195. The van der Waals surface area contributed by atoms with Gasteiger partial charge in [0.05, 0.1) is 21.3 Å². The molecule has 1 saturated carbocycles. The number of fused-ring (bicyclic) bond motifs is 1. The second-order valence-corrected chi connectivity index (χ2v) is 13.8. The Hall–Kier alpha value is -3.49. The van der Waals surface area contributed by atoms with Gasteiger partial charge in [-0.2, -0.15) is 9.78 Å². The van der Waals surface area contributed by atoms with Crippen molar-refractivity contribution in [2.75, 3.05) is 0 Å². The highest BCUT2D eigenvalue weighted by Gasteiger charge is 2.23. The Bertz CT molecular complexity index is 1670. The normalized spacial score (nSPS) is 16.0. The molecule has 46 heavy (non-hydrogen) atoms. The molecular formula is C36H41Cl2FN4O3. The van der Waals surface area contributed by atoms with Crippen LogP contribution in [0.25, 0.3) is 22.8 Å². The third-order valence-electron chi connectivity index (χ3n) is 8.19. The van der Waals surface area contributed by atoms with E-state index < -0.39 is 23.6 Å². The molecular weight excluding hydrogens is 626 g/mol. The van der Waals surface area contributed by atoms with Gasteiger partial charge in [0.15, 0.2) is 0 Å². The molecule has 0 aliphatic heterocycles. The Balaban J connectivity index is 1.43. The second kappa shape index (κ2) is 14.9. The van der Waals surface area contributed by atoms with E-state index in [9.17, 15) is 4.79 Å². The summed E-state index contributed by atoms with van der Waals surface area (Å²) < 4.78 is 28.7. The van der Waals surface area contributed by atoms with E-state index in [1.54, 1.807) is 51.2 Å². The van der Waals surface area contributed by atoms with Crippen molar-refractivity contribution >= 4 is 52.1 Å². The van der Waals surface area contributed by atoms with E-state index in [1.165, 1.54) is 69.8 Å². The summed E-state index contributed by atoms with van der Waals surface area (Å²) in [7, 11) is 0. The number of aromatic nitrogens is 4. The minimum atomic E-state index is -0.749. The summed E-state index contributed by atoms with van der Waals surface area (Å²) in [6.07, 6.45) is 15.8. The number of pyridine rings is 2. The molecule has 0 radical (unpaired) electrons. The number of carbonyl (C=O) groups excluding carboxylic acids is 1. The fraction of sp³-hybridized carbons (Fsp3) is 0.444. The van der Waals surface area contributed by atoms with Crippen LogP contribution >= 0.6 is 23.2 Å². The Morgan fingerprint density at radius 2 is 1.70 bits per heavy atom. The lowest BCUT2D eigenvalue weighted by molar-refractivity contribution is 0.0522. The molecule has 5 rings (SSSR count). The molecule has 0 amide bonds. The van der Waals surface area contributed by atoms with Gasteiger partial charge in [-0.15, -0.1) is 0 Å². The highest BCUT2D eigenvalue weighted by molar-refractivity contribution is 6.35. The zero-order valence-corrected chi connectivity index (χ0v) is 28.4. The number of rotatable bonds is 7. The number of nitrogens with zero attached hydrogens (tertiary/aromatic N) is 4. The molecule has 3 aromatic heterocycles. The predicted molar refractivity (Wildman–Crippen MR) is 182 cm³/mol. The van der Waals surface area contributed by atoms with Crippen molar-refractivity contribution in [3.8, 4) is 5.75 Å². The van der Waals surface area contributed by atoms with Crippen LogP contribution in [0.15, 0.2) is 48.9 Å². The molecule has 4 aromatic rings. The average Bonchev–Trinajstić information content (AvgIpc) is 3.40. The van der Waals surface area contributed by atoms with Gasteiger partial charge in [0.2, 0.25) is 0 Å². The number of hydrogen-bond acceptors (Lipinski definition) is 6. The number of benzene rings is 1. The zero-order chi connectivity index (χ0) is 32.8. The topological polar surface area (TPSA) is 79.1 Å². The molecule has 0 N–H and O–H groups in total. The summed E-state index contributed by atoms with van der Waals surface area (Å²) >= 11 is 12.7. The lowest BCUT2D eigenvalue weighted by Crippen LogP contribution is -2.27. The lowest BCUT2D eigenvalue weighted by Gasteiger charge is -2.19. The van der Waals surface area contributed by atoms with Crippen LogP contribution in [0.1, 0.15) is 108 Å². The van der Waals surface area contributed by atoms with Crippen LogP contribution in [0.2, 0.25) is 10.0 Å². The van der Waals surface area contributed by atoms with Crippen molar-refractivity contribution in [1.29, 1.82) is 0 Å². The van der Waals surface area contributed by atoms with Gasteiger partial charge in [0.25, 0.3) is 0 Å². The van der Waals surface area contributed by atoms with Crippen molar-refractivity contribution < 1.29 is 18.7 Å². The number of carbonyl (C=O) groups is 1. The van der Waals surface area contributed by atoms with Crippen LogP contribution < -0.4 is 4.74 Å². The molecule has 3 heterocycles. The summed E-state index contributed by atoms with van der Waals surface area (Å²) in [5.74, 6) is 0.552. The smallest absolute Gasteiger partial charge is 0.435 e. The summed E-state index contributed by atoms with van der Waals surface area (Å²) in [6.45, 7) is 7.14. The monoisotopic (exact) mass is 666 g/mol. The number of halogens is 3. The molecule has 1 fully saturated rings. The third kappa shape index (κ3) is 8.65. The SMILES string of the molecule is CC(Oc1ccc2c(c1)c(/C=C(\F)c1ccc(CC3CCCCCCCC3)nc1)nn2C(=O)OC(C)(C)C)c1c(Cl)cncc1Cl. The van der Waals surface area contributed by atoms with E-state index in [1.807, 2.05) is 13.0 Å². The maximum Gasteiger partial charge on any atom is 0.435 e. The van der Waals surface area contributed by atoms with E-state index >= 15 is 4.39 Å².